The minimum atomic E-state index is -4.23. The van der Waals surface area contributed by atoms with Gasteiger partial charge in [0.1, 0.15) is 0 Å². The molecule has 2 nitrogen and oxygen atoms in total. The van der Waals surface area contributed by atoms with E-state index in [0.29, 0.717) is 0 Å². The number of hydrogen-bond donors (Lipinski definition) is 0. The topological polar surface area (TPSA) is 21.6 Å². The number of rotatable bonds is 2. The van der Waals surface area contributed by atoms with Crippen LogP contribution in [0.3, 0.4) is 0 Å². The predicted molar refractivity (Wildman–Crippen MR) is 26.1 cm³/mol. The molecule has 0 aromatic rings. The van der Waals surface area contributed by atoms with Crippen molar-refractivity contribution in [3.8, 4) is 0 Å². The van der Waals surface area contributed by atoms with Crippen molar-refractivity contribution in [1.29, 1.82) is 0 Å². The molecule has 0 aliphatic heterocycles. The molecule has 0 radical (unpaired) electrons. The Hall–Kier alpha value is -0.545. The van der Waals surface area contributed by atoms with Gasteiger partial charge in [0, 0.05) is 0 Å². The summed E-state index contributed by atoms with van der Waals surface area (Å²) in [6, 6.07) is 0. The van der Waals surface area contributed by atoms with E-state index >= 15 is 0 Å². The molecular formula is C3H5BF3NO. The standard InChI is InChI=1S/C3H5BF3NO/c1-9-4-8-2-3(5,6)7/h2H2,1H3. The van der Waals surface area contributed by atoms with Gasteiger partial charge in [0.25, 0.3) is 0 Å². The normalized spacial score (nSPS) is 11.6. The van der Waals surface area contributed by atoms with E-state index in [1.165, 1.54) is 7.11 Å². The number of halogens is 3. The van der Waals surface area contributed by atoms with Gasteiger partial charge in [0.05, 0.1) is 0 Å². The fourth-order valence-corrected chi connectivity index (χ4v) is 0.215. The SMILES string of the molecule is COB=NCC(F)(F)F. The molecule has 0 aromatic heterocycles. The zero-order valence-electron chi connectivity index (χ0n) is 4.77. The molecule has 0 bridgehead atoms. The van der Waals surface area contributed by atoms with Gasteiger partial charge < -0.3 is 0 Å². The van der Waals surface area contributed by atoms with E-state index in [1.54, 1.807) is 0 Å². The van der Waals surface area contributed by atoms with E-state index in [4.69, 9.17) is 0 Å². The Morgan fingerprint density at radius 3 is 2.44 bits per heavy atom. The van der Waals surface area contributed by atoms with E-state index in [1.807, 2.05) is 0 Å². The van der Waals surface area contributed by atoms with Crippen LogP contribution in [-0.4, -0.2) is 27.1 Å². The monoisotopic (exact) mass is 139 g/mol. The van der Waals surface area contributed by atoms with Gasteiger partial charge in [0.2, 0.25) is 0 Å². The molecule has 0 saturated carbocycles. The Labute approximate surface area is 51.0 Å². The van der Waals surface area contributed by atoms with Gasteiger partial charge in [-0.25, -0.2) is 0 Å². The average molecular weight is 139 g/mol. The first-order chi connectivity index (χ1) is 4.06. The second-order valence-corrected chi connectivity index (χ2v) is 1.30. The third-order valence-electron chi connectivity index (χ3n) is 0.451. The van der Waals surface area contributed by atoms with Gasteiger partial charge in [-0.3, -0.25) is 0 Å². The van der Waals surface area contributed by atoms with Crippen LogP contribution in [0.2, 0.25) is 0 Å². The summed E-state index contributed by atoms with van der Waals surface area (Å²) < 4.78 is 37.8. The summed E-state index contributed by atoms with van der Waals surface area (Å²) >= 11 is 0. The minimum absolute atomic E-state index is 0.757. The summed E-state index contributed by atoms with van der Waals surface area (Å²) in [6.07, 6.45) is -4.23. The fourth-order valence-electron chi connectivity index (χ4n) is 0.215. The Balaban J connectivity index is 3.38. The van der Waals surface area contributed by atoms with Gasteiger partial charge in [-0.2, -0.15) is 0 Å². The van der Waals surface area contributed by atoms with E-state index in [2.05, 4.69) is 9.55 Å². The summed E-state index contributed by atoms with van der Waals surface area (Å²) in [7, 11) is 1.99. The van der Waals surface area contributed by atoms with Crippen molar-refractivity contribution >= 4 is 7.27 Å². The van der Waals surface area contributed by atoms with E-state index < -0.39 is 12.7 Å². The first-order valence-corrected chi connectivity index (χ1v) is 2.14. The molecule has 0 aliphatic rings. The third-order valence-corrected chi connectivity index (χ3v) is 0.451. The van der Waals surface area contributed by atoms with Crippen LogP contribution < -0.4 is 0 Å². The molecule has 0 aromatic carbocycles. The first kappa shape index (κ1) is 8.45. The van der Waals surface area contributed by atoms with E-state index in [0.717, 1.165) is 7.27 Å². The van der Waals surface area contributed by atoms with Crippen LogP contribution in [0.1, 0.15) is 0 Å². The van der Waals surface area contributed by atoms with Gasteiger partial charge in [-0.15, -0.1) is 0 Å². The van der Waals surface area contributed by atoms with Crippen molar-refractivity contribution in [3.63, 3.8) is 0 Å². The molecule has 9 heavy (non-hydrogen) atoms. The number of alkyl halides is 3. The molecule has 52 valence electrons. The molecule has 0 rings (SSSR count). The van der Waals surface area contributed by atoms with E-state index in [9.17, 15) is 13.2 Å². The van der Waals surface area contributed by atoms with E-state index in [-0.39, 0.29) is 0 Å². The Bertz CT molecular complexity index is 102. The van der Waals surface area contributed by atoms with Crippen LogP contribution in [0.5, 0.6) is 0 Å². The molecule has 0 unspecified atom stereocenters. The molecular weight excluding hydrogens is 134 g/mol. The van der Waals surface area contributed by atoms with Gasteiger partial charge in [-0.05, 0) is 0 Å². The van der Waals surface area contributed by atoms with Gasteiger partial charge in [-0.1, -0.05) is 0 Å². The Kier molecular flexibility index (Phi) is 3.26. The molecule has 0 fully saturated rings. The molecule has 6 heteroatoms. The van der Waals surface area contributed by atoms with Gasteiger partial charge >= 0.3 is 49.8 Å². The fraction of sp³-hybridized carbons (Fsp3) is 1.00. The maximum absolute atomic E-state index is 11.2. The van der Waals surface area contributed by atoms with Crippen molar-refractivity contribution in [2.45, 2.75) is 6.18 Å². The van der Waals surface area contributed by atoms with Crippen LogP contribution in [-0.2, 0) is 4.65 Å². The summed E-state index contributed by atoms with van der Waals surface area (Å²) in [5.74, 6) is 0. The van der Waals surface area contributed by atoms with Crippen LogP contribution in [0, 0.1) is 0 Å². The molecule has 0 atom stereocenters. The second-order valence-electron chi connectivity index (χ2n) is 1.30. The average Bonchev–Trinajstić information content (AvgIpc) is 1.63. The molecule has 0 amide bonds. The van der Waals surface area contributed by atoms with Crippen LogP contribution in [0.4, 0.5) is 13.2 Å². The summed E-state index contributed by atoms with van der Waals surface area (Å²) in [5.41, 5.74) is 0. The van der Waals surface area contributed by atoms with Crippen molar-refractivity contribution in [3.05, 3.63) is 0 Å². The molecule has 0 saturated heterocycles. The summed E-state index contributed by atoms with van der Waals surface area (Å²) in [4.78, 5) is 2.89. The van der Waals surface area contributed by atoms with Crippen LogP contribution >= 0.6 is 0 Å². The van der Waals surface area contributed by atoms with Gasteiger partial charge in [0.15, 0.2) is 0 Å². The van der Waals surface area contributed by atoms with Crippen molar-refractivity contribution in [1.82, 2.24) is 0 Å². The summed E-state index contributed by atoms with van der Waals surface area (Å²) in [6.45, 7) is -1.18. The number of hydrogen-bond acceptors (Lipinski definition) is 2. The predicted octanol–water partition coefficient (Wildman–Crippen LogP) is 0.998. The number of nitrogens with zero attached hydrogens (tertiary/aromatic N) is 1. The van der Waals surface area contributed by atoms with Crippen molar-refractivity contribution < 1.29 is 17.8 Å². The zero-order valence-corrected chi connectivity index (χ0v) is 4.77. The molecule has 0 spiro atoms. The quantitative estimate of drug-likeness (QED) is 0.522. The molecule has 0 heterocycles. The van der Waals surface area contributed by atoms with Crippen molar-refractivity contribution in [2.75, 3.05) is 13.7 Å². The van der Waals surface area contributed by atoms with Crippen LogP contribution in [0.25, 0.3) is 0 Å². The zero-order chi connectivity index (χ0) is 7.33. The Morgan fingerprint density at radius 2 is 2.11 bits per heavy atom. The maximum atomic E-state index is 11.2. The first-order valence-electron chi connectivity index (χ1n) is 2.14. The Morgan fingerprint density at radius 1 is 1.56 bits per heavy atom. The van der Waals surface area contributed by atoms with Crippen molar-refractivity contribution in [2.24, 2.45) is 4.90 Å². The van der Waals surface area contributed by atoms with Crippen LogP contribution in [0.15, 0.2) is 4.90 Å². The molecule has 0 aliphatic carbocycles. The summed E-state index contributed by atoms with van der Waals surface area (Å²) in [5, 5.41) is 0. The third kappa shape index (κ3) is 7.45. The second kappa shape index (κ2) is 3.47. The molecule has 0 N–H and O–H groups in total.